The normalized spacial score (nSPS) is 27.3. The molecule has 1 aliphatic heterocycles. The molecule has 1 aromatic carbocycles. The number of likely N-dealkylation sites (tertiary alicyclic amines) is 1. The third kappa shape index (κ3) is 4.51. The van der Waals surface area contributed by atoms with Crippen LogP contribution in [0.25, 0.3) is 0 Å². The van der Waals surface area contributed by atoms with Gasteiger partial charge < -0.3 is 24.8 Å². The summed E-state index contributed by atoms with van der Waals surface area (Å²) in [4.78, 5) is 14.1. The lowest BCUT2D eigenvalue weighted by Crippen LogP contribution is -2.53. The minimum Gasteiger partial charge on any atom is -0.497 e. The Morgan fingerprint density at radius 1 is 1.17 bits per heavy atom. The number of aliphatic carboxylic acids is 1. The minimum absolute atomic E-state index is 0.147. The molecule has 166 valence electrons. The van der Waals surface area contributed by atoms with Crippen LogP contribution < -0.4 is 10.1 Å². The number of nitrogens with one attached hydrogen (secondary N) is 1. The molecule has 2 aliphatic carbocycles. The maximum Gasteiger partial charge on any atom is 0.310 e. The lowest BCUT2D eigenvalue weighted by Gasteiger charge is -2.46. The zero-order valence-corrected chi connectivity index (χ0v) is 18.4. The fraction of sp³-hybridized carbons (Fsp3) is 0.708. The molecule has 2 saturated carbocycles. The molecule has 6 heteroatoms. The van der Waals surface area contributed by atoms with E-state index in [-0.39, 0.29) is 5.41 Å². The van der Waals surface area contributed by atoms with E-state index in [1.165, 1.54) is 12.0 Å². The van der Waals surface area contributed by atoms with E-state index in [1.807, 2.05) is 12.1 Å². The van der Waals surface area contributed by atoms with Gasteiger partial charge in [-0.2, -0.15) is 0 Å². The van der Waals surface area contributed by atoms with Crippen LogP contribution >= 0.6 is 0 Å². The second-order valence-electron chi connectivity index (χ2n) is 9.75. The summed E-state index contributed by atoms with van der Waals surface area (Å²) in [5.41, 5.74) is 1.04. The fourth-order valence-corrected chi connectivity index (χ4v) is 5.32. The molecule has 6 nitrogen and oxygen atoms in total. The number of hydrogen-bond donors (Lipinski definition) is 2. The molecule has 3 aliphatic rings. The maximum atomic E-state index is 11.7. The van der Waals surface area contributed by atoms with Gasteiger partial charge in [-0.3, -0.25) is 4.79 Å². The number of carboxylic acids is 1. The molecule has 1 heterocycles. The number of rotatable bonds is 10. The molecule has 0 aromatic heterocycles. The molecule has 3 fully saturated rings. The molecule has 1 aromatic rings. The van der Waals surface area contributed by atoms with Crippen LogP contribution in [0, 0.1) is 10.8 Å². The summed E-state index contributed by atoms with van der Waals surface area (Å²) < 4.78 is 10.9. The van der Waals surface area contributed by atoms with Crippen LogP contribution in [0.4, 0.5) is 0 Å². The van der Waals surface area contributed by atoms with E-state index in [0.717, 1.165) is 64.1 Å². The highest BCUT2D eigenvalue weighted by Crippen LogP contribution is 2.44. The molecule has 2 atom stereocenters. The first-order chi connectivity index (χ1) is 14.5. The van der Waals surface area contributed by atoms with Crippen LogP contribution in [0.2, 0.25) is 0 Å². The number of carbonyl (C=O) groups is 1. The first-order valence-corrected chi connectivity index (χ1v) is 11.3. The molecule has 0 bridgehead atoms. The van der Waals surface area contributed by atoms with E-state index in [1.54, 1.807) is 14.2 Å². The Bertz CT molecular complexity index is 723. The molecule has 0 radical (unpaired) electrons. The van der Waals surface area contributed by atoms with E-state index >= 15 is 0 Å². The largest absolute Gasteiger partial charge is 0.497 e. The highest BCUT2D eigenvalue weighted by molar-refractivity contribution is 5.76. The van der Waals surface area contributed by atoms with E-state index in [0.29, 0.717) is 18.5 Å². The summed E-state index contributed by atoms with van der Waals surface area (Å²) in [7, 11) is 3.49. The van der Waals surface area contributed by atoms with Crippen molar-refractivity contribution in [3.8, 4) is 5.75 Å². The van der Waals surface area contributed by atoms with Crippen LogP contribution in [0.3, 0.4) is 0 Å². The average Bonchev–Trinajstić information content (AvgIpc) is 3.50. The molecular weight excluding hydrogens is 380 g/mol. The summed E-state index contributed by atoms with van der Waals surface area (Å²) in [5, 5.41) is 13.4. The number of piperidine rings is 1. The van der Waals surface area contributed by atoms with Crippen molar-refractivity contribution in [2.45, 2.75) is 50.5 Å². The fourth-order valence-electron chi connectivity index (χ4n) is 5.32. The Balaban J connectivity index is 1.27. The van der Waals surface area contributed by atoms with Gasteiger partial charge in [-0.15, -0.1) is 0 Å². The molecule has 30 heavy (non-hydrogen) atoms. The van der Waals surface area contributed by atoms with E-state index in [2.05, 4.69) is 22.3 Å². The van der Waals surface area contributed by atoms with Crippen molar-refractivity contribution >= 4 is 5.97 Å². The van der Waals surface area contributed by atoms with E-state index < -0.39 is 11.4 Å². The van der Waals surface area contributed by atoms with Gasteiger partial charge in [-0.1, -0.05) is 18.6 Å². The first kappa shape index (κ1) is 21.6. The van der Waals surface area contributed by atoms with Crippen LogP contribution in [-0.4, -0.2) is 69.0 Å². The smallest absolute Gasteiger partial charge is 0.310 e. The average molecular weight is 417 g/mol. The van der Waals surface area contributed by atoms with Gasteiger partial charge in [0.2, 0.25) is 0 Å². The number of carboxylic acid groups (broad SMARTS) is 1. The molecular formula is C24H36N2O4. The van der Waals surface area contributed by atoms with Gasteiger partial charge in [0.05, 0.1) is 19.1 Å². The monoisotopic (exact) mass is 416 g/mol. The Morgan fingerprint density at radius 2 is 1.87 bits per heavy atom. The minimum atomic E-state index is -0.609. The van der Waals surface area contributed by atoms with Crippen LogP contribution in [0.1, 0.15) is 50.0 Å². The van der Waals surface area contributed by atoms with Crippen molar-refractivity contribution in [3.63, 3.8) is 0 Å². The van der Waals surface area contributed by atoms with Crippen molar-refractivity contribution < 1.29 is 19.4 Å². The lowest BCUT2D eigenvalue weighted by atomic mass is 9.68. The number of nitrogens with zero attached hydrogens (tertiary/aromatic N) is 1. The Morgan fingerprint density at radius 3 is 2.40 bits per heavy atom. The third-order valence-electron chi connectivity index (χ3n) is 7.73. The van der Waals surface area contributed by atoms with Crippen molar-refractivity contribution in [1.29, 1.82) is 0 Å². The van der Waals surface area contributed by atoms with Crippen molar-refractivity contribution in [3.05, 3.63) is 29.8 Å². The second kappa shape index (κ2) is 8.85. The van der Waals surface area contributed by atoms with Gasteiger partial charge in [-0.05, 0) is 62.9 Å². The standard InChI is InChI=1S/C24H36N2O4/c1-29-17-23(10-12-26(13-11-23)16-24(22(27)28)8-3-9-24)15-25-21-14-20(21)18-4-6-19(30-2)7-5-18/h4-7,20-21,25H,3,8-17H2,1-2H3,(H,27,28). The second-order valence-corrected chi connectivity index (χ2v) is 9.75. The third-order valence-corrected chi connectivity index (χ3v) is 7.73. The summed E-state index contributed by atoms with van der Waals surface area (Å²) in [5.74, 6) is 0.883. The van der Waals surface area contributed by atoms with E-state index in [4.69, 9.17) is 9.47 Å². The van der Waals surface area contributed by atoms with Gasteiger partial charge in [0, 0.05) is 37.6 Å². The topological polar surface area (TPSA) is 71.0 Å². The number of ether oxygens (including phenoxy) is 2. The molecule has 2 unspecified atom stereocenters. The molecule has 2 N–H and O–H groups in total. The van der Waals surface area contributed by atoms with Gasteiger partial charge in [0.15, 0.2) is 0 Å². The van der Waals surface area contributed by atoms with Crippen molar-refractivity contribution in [1.82, 2.24) is 10.2 Å². The summed E-state index contributed by atoms with van der Waals surface area (Å²) in [6.45, 7) is 4.37. The maximum absolute atomic E-state index is 11.7. The lowest BCUT2D eigenvalue weighted by molar-refractivity contribution is -0.157. The number of benzene rings is 1. The van der Waals surface area contributed by atoms with Crippen molar-refractivity contribution in [2.75, 3.05) is 47.0 Å². The molecule has 0 amide bonds. The summed E-state index contributed by atoms with van der Waals surface area (Å²) in [6.07, 6.45) is 6.01. The predicted octanol–water partition coefficient (Wildman–Crippen LogP) is 3.12. The highest BCUT2D eigenvalue weighted by atomic mass is 16.5. The highest BCUT2D eigenvalue weighted by Gasteiger charge is 2.47. The summed E-state index contributed by atoms with van der Waals surface area (Å²) in [6, 6.07) is 8.97. The van der Waals surface area contributed by atoms with Crippen LogP contribution in [0.5, 0.6) is 5.75 Å². The Hall–Kier alpha value is -1.63. The molecule has 1 saturated heterocycles. The van der Waals surface area contributed by atoms with Gasteiger partial charge in [0.1, 0.15) is 5.75 Å². The zero-order valence-electron chi connectivity index (χ0n) is 18.4. The number of hydrogen-bond acceptors (Lipinski definition) is 5. The summed E-state index contributed by atoms with van der Waals surface area (Å²) >= 11 is 0. The van der Waals surface area contributed by atoms with Gasteiger partial charge in [-0.25, -0.2) is 0 Å². The van der Waals surface area contributed by atoms with Crippen molar-refractivity contribution in [2.24, 2.45) is 10.8 Å². The van der Waals surface area contributed by atoms with Crippen LogP contribution in [-0.2, 0) is 9.53 Å². The van der Waals surface area contributed by atoms with Crippen LogP contribution in [0.15, 0.2) is 24.3 Å². The Kier molecular flexibility index (Phi) is 6.37. The first-order valence-electron chi connectivity index (χ1n) is 11.3. The molecule has 0 spiro atoms. The predicted molar refractivity (Wildman–Crippen MR) is 116 cm³/mol. The van der Waals surface area contributed by atoms with E-state index in [9.17, 15) is 9.90 Å². The Labute approximate surface area is 179 Å². The molecule has 4 rings (SSSR count). The number of methoxy groups -OCH3 is 2. The SMILES string of the molecule is COCC1(CNC2CC2c2ccc(OC)cc2)CCN(CC2(C(=O)O)CCC2)CC1. The van der Waals surface area contributed by atoms with Gasteiger partial charge in [0.25, 0.3) is 0 Å². The zero-order chi connectivity index (χ0) is 21.2. The van der Waals surface area contributed by atoms with Gasteiger partial charge >= 0.3 is 5.97 Å². The quantitative estimate of drug-likeness (QED) is 0.611.